The molecule has 1 saturated heterocycles. The van der Waals surface area contributed by atoms with Crippen molar-refractivity contribution < 1.29 is 9.53 Å². The fraction of sp³-hybridized carbons (Fsp3) is 0.733. The van der Waals surface area contributed by atoms with Gasteiger partial charge in [0, 0.05) is 35.2 Å². The Hall–Kier alpha value is -0.750. The van der Waals surface area contributed by atoms with Crippen molar-refractivity contribution in [3.8, 4) is 0 Å². The van der Waals surface area contributed by atoms with Gasteiger partial charge in [-0.15, -0.1) is 11.3 Å². The van der Waals surface area contributed by atoms with E-state index in [2.05, 4.69) is 4.98 Å². The molecule has 0 radical (unpaired) electrons. The lowest BCUT2D eigenvalue weighted by molar-refractivity contribution is 0.0126. The highest BCUT2D eigenvalue weighted by molar-refractivity contribution is 7.98. The lowest BCUT2D eigenvalue weighted by Crippen LogP contribution is -2.47. The molecule has 1 aromatic heterocycles. The number of aromatic nitrogens is 1. The summed E-state index contributed by atoms with van der Waals surface area (Å²) in [6, 6.07) is 0.298. The molecule has 21 heavy (non-hydrogen) atoms. The maximum atomic E-state index is 12.3. The minimum absolute atomic E-state index is 0.161. The topological polar surface area (TPSA) is 42.4 Å². The molecule has 1 fully saturated rings. The molecule has 0 bridgehead atoms. The largest absolute Gasteiger partial charge is 0.444 e. The number of hydrogen-bond donors (Lipinski definition) is 0. The van der Waals surface area contributed by atoms with Crippen LogP contribution in [0.15, 0.2) is 11.7 Å². The molecule has 2 heterocycles. The molecule has 2 rings (SSSR count). The van der Waals surface area contributed by atoms with Gasteiger partial charge in [0.25, 0.3) is 0 Å². The van der Waals surface area contributed by atoms with Gasteiger partial charge < -0.3 is 9.64 Å². The van der Waals surface area contributed by atoms with E-state index in [1.54, 1.807) is 11.3 Å². The van der Waals surface area contributed by atoms with Gasteiger partial charge >= 0.3 is 6.09 Å². The first kappa shape index (κ1) is 16.6. The van der Waals surface area contributed by atoms with Crippen LogP contribution in [0.3, 0.4) is 0 Å². The third-order valence-electron chi connectivity index (χ3n) is 3.29. The first-order chi connectivity index (χ1) is 9.96. The molecule has 0 saturated carbocycles. The molecule has 1 atom stereocenters. The third-order valence-corrected chi connectivity index (χ3v) is 5.39. The van der Waals surface area contributed by atoms with Gasteiger partial charge in [-0.2, -0.15) is 11.8 Å². The zero-order valence-electron chi connectivity index (χ0n) is 13.0. The van der Waals surface area contributed by atoms with Crippen LogP contribution >= 0.6 is 23.1 Å². The summed E-state index contributed by atoms with van der Waals surface area (Å²) in [6.45, 7) is 6.58. The van der Waals surface area contributed by atoms with E-state index in [1.165, 1.54) is 11.3 Å². The second-order valence-corrected chi connectivity index (χ2v) is 8.31. The van der Waals surface area contributed by atoms with Crippen LogP contribution in [0.1, 0.15) is 44.9 Å². The number of rotatable bonds is 4. The fourth-order valence-corrected chi connectivity index (χ4v) is 4.26. The Balaban J connectivity index is 1.84. The Bertz CT molecular complexity index is 443. The number of piperidine rings is 1. The van der Waals surface area contributed by atoms with Gasteiger partial charge in [0.05, 0.1) is 5.51 Å². The predicted molar refractivity (Wildman–Crippen MR) is 88.9 cm³/mol. The Morgan fingerprint density at radius 2 is 2.33 bits per heavy atom. The van der Waals surface area contributed by atoms with E-state index in [9.17, 15) is 4.79 Å². The molecule has 1 amide bonds. The number of carbonyl (C=O) groups is 1. The first-order valence-electron chi connectivity index (χ1n) is 7.40. The van der Waals surface area contributed by atoms with Crippen molar-refractivity contribution in [2.75, 3.05) is 12.3 Å². The lowest BCUT2D eigenvalue weighted by Gasteiger charge is -2.36. The van der Waals surface area contributed by atoms with Crippen LogP contribution in [-0.2, 0) is 10.5 Å². The van der Waals surface area contributed by atoms with E-state index >= 15 is 0 Å². The van der Waals surface area contributed by atoms with Gasteiger partial charge in [0.2, 0.25) is 0 Å². The molecule has 118 valence electrons. The van der Waals surface area contributed by atoms with Crippen molar-refractivity contribution in [3.63, 3.8) is 0 Å². The zero-order valence-corrected chi connectivity index (χ0v) is 14.6. The fourth-order valence-electron chi connectivity index (χ4n) is 2.34. The van der Waals surface area contributed by atoms with E-state index in [0.717, 1.165) is 30.9 Å². The predicted octanol–water partition coefficient (Wildman–Crippen LogP) is 4.17. The van der Waals surface area contributed by atoms with E-state index in [-0.39, 0.29) is 6.09 Å². The smallest absolute Gasteiger partial charge is 0.410 e. The number of thioether (sulfide) groups is 1. The van der Waals surface area contributed by atoms with Crippen LogP contribution in [0.2, 0.25) is 0 Å². The van der Waals surface area contributed by atoms with Crippen molar-refractivity contribution >= 4 is 29.2 Å². The number of thiazole rings is 1. The molecular weight excluding hydrogens is 304 g/mol. The molecule has 1 aliphatic rings. The Kier molecular flexibility index (Phi) is 5.93. The average molecular weight is 329 g/mol. The van der Waals surface area contributed by atoms with E-state index in [0.29, 0.717) is 6.04 Å². The van der Waals surface area contributed by atoms with Gasteiger partial charge in [-0.25, -0.2) is 4.79 Å². The van der Waals surface area contributed by atoms with Crippen molar-refractivity contribution in [1.29, 1.82) is 0 Å². The summed E-state index contributed by atoms with van der Waals surface area (Å²) in [7, 11) is 0. The Morgan fingerprint density at radius 1 is 1.52 bits per heavy atom. The summed E-state index contributed by atoms with van der Waals surface area (Å²) in [5.74, 6) is 1.94. The first-order valence-corrected chi connectivity index (χ1v) is 9.44. The van der Waals surface area contributed by atoms with E-state index in [1.807, 2.05) is 49.1 Å². The molecule has 1 aliphatic heterocycles. The Morgan fingerprint density at radius 3 is 3.00 bits per heavy atom. The third kappa shape index (κ3) is 5.51. The van der Waals surface area contributed by atoms with E-state index in [4.69, 9.17) is 4.74 Å². The summed E-state index contributed by atoms with van der Waals surface area (Å²) in [6.07, 6.45) is 5.12. The van der Waals surface area contributed by atoms with Crippen LogP contribution in [0, 0.1) is 0 Å². The molecule has 0 spiro atoms. The zero-order chi connectivity index (χ0) is 15.3. The highest BCUT2D eigenvalue weighted by Gasteiger charge is 2.30. The van der Waals surface area contributed by atoms with Gasteiger partial charge in [-0.05, 0) is 40.0 Å². The van der Waals surface area contributed by atoms with E-state index < -0.39 is 5.60 Å². The molecule has 0 aliphatic carbocycles. The summed E-state index contributed by atoms with van der Waals surface area (Å²) < 4.78 is 5.53. The molecule has 0 aromatic carbocycles. The summed E-state index contributed by atoms with van der Waals surface area (Å²) in [5.41, 5.74) is 1.44. The van der Waals surface area contributed by atoms with Crippen molar-refractivity contribution in [2.45, 2.75) is 57.4 Å². The van der Waals surface area contributed by atoms with Crippen LogP contribution in [0.25, 0.3) is 0 Å². The highest BCUT2D eigenvalue weighted by Crippen LogP contribution is 2.25. The number of carbonyl (C=O) groups excluding carboxylic acids is 1. The van der Waals surface area contributed by atoms with Crippen LogP contribution in [-0.4, -0.2) is 39.9 Å². The molecular formula is C15H24N2O2S2. The highest BCUT2D eigenvalue weighted by atomic mass is 32.2. The molecule has 1 aromatic rings. The molecule has 0 N–H and O–H groups in total. The van der Waals surface area contributed by atoms with Crippen LogP contribution in [0.5, 0.6) is 0 Å². The minimum Gasteiger partial charge on any atom is -0.444 e. The molecule has 4 nitrogen and oxygen atoms in total. The van der Waals surface area contributed by atoms with Gasteiger partial charge in [0.15, 0.2) is 0 Å². The number of amides is 1. The van der Waals surface area contributed by atoms with Gasteiger partial charge in [0.1, 0.15) is 5.60 Å². The van der Waals surface area contributed by atoms with Gasteiger partial charge in [-0.3, -0.25) is 4.98 Å². The summed E-state index contributed by atoms with van der Waals surface area (Å²) in [4.78, 5) is 19.6. The number of likely N-dealkylation sites (tertiary alicyclic amines) is 1. The minimum atomic E-state index is -0.422. The summed E-state index contributed by atoms with van der Waals surface area (Å²) >= 11 is 3.56. The maximum absolute atomic E-state index is 12.3. The quantitative estimate of drug-likeness (QED) is 0.832. The van der Waals surface area contributed by atoms with Crippen LogP contribution in [0.4, 0.5) is 4.79 Å². The number of ether oxygens (including phenoxy) is 1. The van der Waals surface area contributed by atoms with Crippen molar-refractivity contribution in [3.05, 3.63) is 16.6 Å². The average Bonchev–Trinajstić information content (AvgIpc) is 2.90. The van der Waals surface area contributed by atoms with Crippen molar-refractivity contribution in [1.82, 2.24) is 9.88 Å². The SMILES string of the molecule is CC(C)(C)OC(=O)N1CCCC[C@@H]1CSCc1cncs1. The molecule has 0 unspecified atom stereocenters. The number of nitrogens with zero attached hydrogens (tertiary/aromatic N) is 2. The monoisotopic (exact) mass is 328 g/mol. The number of hydrogen-bond acceptors (Lipinski definition) is 5. The standard InChI is InChI=1S/C15H24N2O2S2/c1-15(2,3)19-14(18)17-7-5-4-6-12(17)9-20-10-13-8-16-11-21-13/h8,11-12H,4-7,9-10H2,1-3H3/t12-/m1/s1. The Labute approximate surface area is 135 Å². The second-order valence-electron chi connectivity index (χ2n) is 6.31. The normalized spacial score (nSPS) is 19.6. The summed E-state index contributed by atoms with van der Waals surface area (Å²) in [5, 5.41) is 0. The second kappa shape index (κ2) is 7.49. The molecule has 6 heteroatoms. The van der Waals surface area contributed by atoms with Crippen molar-refractivity contribution in [2.24, 2.45) is 0 Å². The van der Waals surface area contributed by atoms with Crippen LogP contribution < -0.4 is 0 Å². The lowest BCUT2D eigenvalue weighted by atomic mass is 10.0. The maximum Gasteiger partial charge on any atom is 0.410 e. The van der Waals surface area contributed by atoms with Gasteiger partial charge in [-0.1, -0.05) is 0 Å².